The maximum Gasteiger partial charge on any atom is 0.323 e. The van der Waals surface area contributed by atoms with E-state index in [0.717, 1.165) is 16.8 Å². The third kappa shape index (κ3) is 7.11. The molecule has 27 heavy (non-hydrogen) atoms. The molecule has 3 amide bonds. The average Bonchev–Trinajstić information content (AvgIpc) is 2.59. The number of nitrogens with two attached hydrogens (primary N) is 1. The fourth-order valence-corrected chi connectivity index (χ4v) is 2.71. The number of carbonyl (C=O) groups excluding carboxylic acids is 2. The topological polar surface area (TPSA) is 96.2 Å². The molecule has 2 aromatic rings. The van der Waals surface area contributed by atoms with Crippen LogP contribution in [0.4, 0.5) is 16.2 Å². The molecule has 0 saturated carbocycles. The van der Waals surface area contributed by atoms with Crippen LogP contribution in [0, 0.1) is 12.8 Å². The number of anilines is 2. The summed E-state index contributed by atoms with van der Waals surface area (Å²) in [4.78, 5) is 24.2. The smallest absolute Gasteiger partial charge is 0.323 e. The van der Waals surface area contributed by atoms with Crippen molar-refractivity contribution in [3.63, 3.8) is 0 Å². The van der Waals surface area contributed by atoms with Crippen LogP contribution >= 0.6 is 0 Å². The van der Waals surface area contributed by atoms with E-state index in [1.807, 2.05) is 63.2 Å². The number of nitrogens with one attached hydrogen (secondary N) is 3. The van der Waals surface area contributed by atoms with Crippen molar-refractivity contribution in [3.8, 4) is 0 Å². The van der Waals surface area contributed by atoms with E-state index in [2.05, 4.69) is 16.0 Å². The molecule has 0 saturated heterocycles. The first kappa shape index (κ1) is 20.5. The van der Waals surface area contributed by atoms with Gasteiger partial charge in [-0.05, 0) is 54.7 Å². The molecule has 6 heteroatoms. The molecule has 0 heterocycles. The van der Waals surface area contributed by atoms with E-state index in [1.165, 1.54) is 0 Å². The van der Waals surface area contributed by atoms with Crippen molar-refractivity contribution in [2.24, 2.45) is 11.7 Å². The molecule has 144 valence electrons. The van der Waals surface area contributed by atoms with Crippen LogP contribution in [0.5, 0.6) is 0 Å². The number of carbonyl (C=O) groups is 2. The fourth-order valence-electron chi connectivity index (χ4n) is 2.71. The zero-order valence-corrected chi connectivity index (χ0v) is 16.1. The normalized spacial score (nSPS) is 11.7. The maximum absolute atomic E-state index is 12.2. The molecule has 2 aromatic carbocycles. The molecule has 0 unspecified atom stereocenters. The number of urea groups is 1. The highest BCUT2D eigenvalue weighted by molar-refractivity contribution is 5.99. The number of rotatable bonds is 7. The molecular weight excluding hydrogens is 340 g/mol. The van der Waals surface area contributed by atoms with Crippen LogP contribution in [0.3, 0.4) is 0 Å². The van der Waals surface area contributed by atoms with Crippen LogP contribution in [0.1, 0.15) is 31.4 Å². The first-order valence-corrected chi connectivity index (χ1v) is 9.10. The first-order valence-electron chi connectivity index (χ1n) is 9.10. The highest BCUT2D eigenvalue weighted by atomic mass is 16.2. The fraction of sp³-hybridized carbons (Fsp3) is 0.333. The third-order valence-electron chi connectivity index (χ3n) is 3.99. The van der Waals surface area contributed by atoms with Gasteiger partial charge in [0.25, 0.3) is 0 Å². The predicted molar refractivity (Wildman–Crippen MR) is 110 cm³/mol. The number of aryl methyl sites for hydroxylation is 1. The Hall–Kier alpha value is -2.86. The zero-order chi connectivity index (χ0) is 19.8. The van der Waals surface area contributed by atoms with Gasteiger partial charge in [-0.1, -0.05) is 38.1 Å². The lowest BCUT2D eigenvalue weighted by Crippen LogP contribution is -2.41. The summed E-state index contributed by atoms with van der Waals surface area (Å²) in [6.07, 6.45) is 0.645. The summed E-state index contributed by atoms with van der Waals surface area (Å²) < 4.78 is 0. The standard InChI is InChI=1S/C21H28N4O2/c1-14(2)10-19(22)20(26)23-13-16-7-5-9-18(12-16)25-21(27)24-17-8-4-6-15(3)11-17/h4-9,11-12,14,19H,10,13,22H2,1-3H3,(H,23,26)(H2,24,25,27)/t19-/m0/s1. The minimum absolute atomic E-state index is 0.167. The second kappa shape index (κ2) is 9.73. The van der Waals surface area contributed by atoms with Crippen molar-refractivity contribution >= 4 is 23.3 Å². The molecule has 5 N–H and O–H groups in total. The van der Waals surface area contributed by atoms with Crippen LogP contribution in [0.2, 0.25) is 0 Å². The van der Waals surface area contributed by atoms with Crippen molar-refractivity contribution in [1.29, 1.82) is 0 Å². The van der Waals surface area contributed by atoms with Crippen molar-refractivity contribution in [1.82, 2.24) is 5.32 Å². The van der Waals surface area contributed by atoms with Crippen molar-refractivity contribution in [3.05, 3.63) is 59.7 Å². The van der Waals surface area contributed by atoms with Crippen molar-refractivity contribution in [2.75, 3.05) is 10.6 Å². The van der Waals surface area contributed by atoms with Crippen LogP contribution < -0.4 is 21.7 Å². The average molecular weight is 368 g/mol. The van der Waals surface area contributed by atoms with Gasteiger partial charge in [-0.3, -0.25) is 4.79 Å². The highest BCUT2D eigenvalue weighted by Gasteiger charge is 2.14. The Labute approximate surface area is 160 Å². The second-order valence-electron chi connectivity index (χ2n) is 7.10. The van der Waals surface area contributed by atoms with Gasteiger partial charge in [0.15, 0.2) is 0 Å². The van der Waals surface area contributed by atoms with Crippen LogP contribution in [-0.4, -0.2) is 18.0 Å². The number of hydrogen-bond donors (Lipinski definition) is 4. The minimum atomic E-state index is -0.508. The molecule has 0 aliphatic rings. The summed E-state index contributed by atoms with van der Waals surface area (Å²) in [5.74, 6) is 0.199. The molecule has 0 bridgehead atoms. The summed E-state index contributed by atoms with van der Waals surface area (Å²) in [5.41, 5.74) is 9.22. The van der Waals surface area contributed by atoms with Gasteiger partial charge in [0.2, 0.25) is 5.91 Å². The Morgan fingerprint density at radius 2 is 1.63 bits per heavy atom. The molecule has 0 aliphatic heterocycles. The maximum atomic E-state index is 12.2. The monoisotopic (exact) mass is 368 g/mol. The molecule has 0 fully saturated rings. The largest absolute Gasteiger partial charge is 0.351 e. The number of hydrogen-bond acceptors (Lipinski definition) is 3. The van der Waals surface area contributed by atoms with E-state index in [1.54, 1.807) is 6.07 Å². The lowest BCUT2D eigenvalue weighted by molar-refractivity contribution is -0.122. The van der Waals surface area contributed by atoms with E-state index in [0.29, 0.717) is 24.6 Å². The second-order valence-corrected chi connectivity index (χ2v) is 7.10. The van der Waals surface area contributed by atoms with E-state index in [-0.39, 0.29) is 11.9 Å². The van der Waals surface area contributed by atoms with Gasteiger partial charge in [-0.15, -0.1) is 0 Å². The van der Waals surface area contributed by atoms with E-state index in [4.69, 9.17) is 5.73 Å². The molecule has 2 rings (SSSR count). The molecule has 0 aromatic heterocycles. The van der Waals surface area contributed by atoms with Gasteiger partial charge in [-0.25, -0.2) is 4.79 Å². The predicted octanol–water partition coefficient (Wildman–Crippen LogP) is 3.63. The Kier molecular flexibility index (Phi) is 7.37. The van der Waals surface area contributed by atoms with Crippen molar-refractivity contribution < 1.29 is 9.59 Å². The molecule has 6 nitrogen and oxygen atoms in total. The summed E-state index contributed by atoms with van der Waals surface area (Å²) >= 11 is 0. The summed E-state index contributed by atoms with van der Waals surface area (Å²) in [7, 11) is 0. The third-order valence-corrected chi connectivity index (χ3v) is 3.99. The van der Waals surface area contributed by atoms with Gasteiger partial charge in [0, 0.05) is 17.9 Å². The Bertz CT molecular complexity index is 789. The van der Waals surface area contributed by atoms with E-state index in [9.17, 15) is 9.59 Å². The number of benzene rings is 2. The van der Waals surface area contributed by atoms with Gasteiger partial charge in [0.05, 0.1) is 6.04 Å². The van der Waals surface area contributed by atoms with Crippen molar-refractivity contribution in [2.45, 2.75) is 39.8 Å². The summed E-state index contributed by atoms with van der Waals surface area (Å²) in [6, 6.07) is 14.1. The molecule has 0 aliphatic carbocycles. The van der Waals surface area contributed by atoms with Crippen LogP contribution in [-0.2, 0) is 11.3 Å². The van der Waals surface area contributed by atoms with E-state index >= 15 is 0 Å². The molecule has 1 atom stereocenters. The van der Waals surface area contributed by atoms with Gasteiger partial charge >= 0.3 is 6.03 Å². The Morgan fingerprint density at radius 3 is 2.26 bits per heavy atom. The summed E-state index contributed by atoms with van der Waals surface area (Å²) in [5, 5.41) is 8.44. The van der Waals surface area contributed by atoms with Gasteiger partial charge in [0.1, 0.15) is 0 Å². The Morgan fingerprint density at radius 1 is 1.00 bits per heavy atom. The summed E-state index contributed by atoms with van der Waals surface area (Å²) in [6.45, 7) is 6.39. The lowest BCUT2D eigenvalue weighted by atomic mass is 10.0. The van der Waals surface area contributed by atoms with Gasteiger partial charge in [-0.2, -0.15) is 0 Å². The van der Waals surface area contributed by atoms with E-state index < -0.39 is 6.04 Å². The minimum Gasteiger partial charge on any atom is -0.351 e. The highest BCUT2D eigenvalue weighted by Crippen LogP contribution is 2.13. The first-order chi connectivity index (χ1) is 12.8. The Balaban J connectivity index is 1.89. The van der Waals surface area contributed by atoms with Crippen LogP contribution in [0.15, 0.2) is 48.5 Å². The SMILES string of the molecule is Cc1cccc(NC(=O)Nc2cccc(CNC(=O)[C@@H](N)CC(C)C)c2)c1. The zero-order valence-electron chi connectivity index (χ0n) is 16.1. The van der Waals surface area contributed by atoms with Crippen LogP contribution in [0.25, 0.3) is 0 Å². The quantitative estimate of drug-likeness (QED) is 0.601. The molecular formula is C21H28N4O2. The van der Waals surface area contributed by atoms with Gasteiger partial charge < -0.3 is 21.7 Å². The lowest BCUT2D eigenvalue weighted by Gasteiger charge is -2.14. The molecule has 0 spiro atoms. The molecule has 0 radical (unpaired) electrons. The number of amides is 3.